The van der Waals surface area contributed by atoms with E-state index in [-0.39, 0.29) is 39.8 Å². The van der Waals surface area contributed by atoms with E-state index in [1.807, 2.05) is 0 Å². The quantitative estimate of drug-likeness (QED) is 0.565. The lowest BCUT2D eigenvalue weighted by molar-refractivity contribution is -0.143. The maximum atomic E-state index is 12.4. The summed E-state index contributed by atoms with van der Waals surface area (Å²) >= 11 is 12.1. The molecule has 0 radical (unpaired) electrons. The maximum absolute atomic E-state index is 12.4. The number of nitrogens with zero attached hydrogens (tertiary/aromatic N) is 3. The number of methoxy groups -OCH3 is 1. The minimum Gasteiger partial charge on any atom is -0.466 e. The molecule has 0 bridgehead atoms. The lowest BCUT2D eigenvalue weighted by Crippen LogP contribution is -2.13. The Morgan fingerprint density at radius 2 is 2.08 bits per heavy atom. The second-order valence-electron chi connectivity index (χ2n) is 4.32. The normalized spacial score (nSPS) is 10.8. The highest BCUT2D eigenvalue weighted by Gasteiger charge is 2.22. The number of rotatable bonds is 6. The third-order valence-corrected chi connectivity index (χ3v) is 3.41. The van der Waals surface area contributed by atoms with Crippen LogP contribution >= 0.6 is 23.2 Å². The molecule has 130 valence electrons. The molecule has 0 atom stereocenters. The average Bonchev–Trinajstić information content (AvgIpc) is 2.80. The van der Waals surface area contributed by atoms with Crippen molar-refractivity contribution >= 4 is 29.2 Å². The van der Waals surface area contributed by atoms with Crippen LogP contribution in [0.25, 0.3) is 11.3 Å². The molecule has 0 amide bonds. The van der Waals surface area contributed by atoms with Crippen molar-refractivity contribution in [2.75, 3.05) is 13.7 Å². The molecule has 0 aliphatic rings. The minimum atomic E-state index is -3.05. The van der Waals surface area contributed by atoms with E-state index >= 15 is 0 Å². The van der Waals surface area contributed by atoms with Gasteiger partial charge in [-0.3, -0.25) is 0 Å². The molecule has 2 aromatic rings. The molecule has 2 aromatic heterocycles. The first-order chi connectivity index (χ1) is 11.3. The summed E-state index contributed by atoms with van der Waals surface area (Å²) in [5, 5.41) is 3.82. The molecule has 0 unspecified atom stereocenters. The van der Waals surface area contributed by atoms with Gasteiger partial charge in [-0.05, 0) is 6.07 Å². The third-order valence-electron chi connectivity index (χ3n) is 2.78. The number of hydrogen-bond acceptors (Lipinski definition) is 6. The number of ether oxygens (including phenoxy) is 3. The minimum absolute atomic E-state index is 0.0408. The van der Waals surface area contributed by atoms with Crippen LogP contribution in [0.1, 0.15) is 0 Å². The van der Waals surface area contributed by atoms with Gasteiger partial charge in [0.1, 0.15) is 15.9 Å². The summed E-state index contributed by atoms with van der Waals surface area (Å²) in [5.74, 6) is -0.812. The number of carbonyl (C=O) groups excluding carboxylic acids is 1. The van der Waals surface area contributed by atoms with Gasteiger partial charge < -0.3 is 14.2 Å². The smallest absolute Gasteiger partial charge is 0.388 e. The van der Waals surface area contributed by atoms with Crippen molar-refractivity contribution < 1.29 is 27.8 Å². The summed E-state index contributed by atoms with van der Waals surface area (Å²) in [4.78, 5) is 15.0. The topological polar surface area (TPSA) is 75.5 Å². The van der Waals surface area contributed by atoms with Gasteiger partial charge in [0.05, 0.1) is 7.11 Å². The second kappa shape index (κ2) is 7.63. The van der Waals surface area contributed by atoms with E-state index in [4.69, 9.17) is 27.9 Å². The number of alkyl halides is 2. The van der Waals surface area contributed by atoms with Crippen LogP contribution in [0.4, 0.5) is 8.78 Å². The summed E-state index contributed by atoms with van der Waals surface area (Å²) in [6, 6.07) is 2.89. The van der Waals surface area contributed by atoms with Crippen LogP contribution in [0.5, 0.6) is 11.8 Å². The molecule has 0 aliphatic heterocycles. The van der Waals surface area contributed by atoms with Gasteiger partial charge in [0.15, 0.2) is 6.61 Å². The zero-order valence-electron chi connectivity index (χ0n) is 12.4. The third kappa shape index (κ3) is 4.04. The summed E-state index contributed by atoms with van der Waals surface area (Å²) in [7, 11) is 2.61. The van der Waals surface area contributed by atoms with Gasteiger partial charge in [-0.1, -0.05) is 23.2 Å². The molecular formula is C13H11Cl2F2N3O4. The fraction of sp³-hybridized carbons (Fsp3) is 0.308. The molecule has 0 saturated heterocycles. The molecule has 0 aromatic carbocycles. The number of esters is 1. The molecule has 11 heteroatoms. The van der Waals surface area contributed by atoms with Crippen molar-refractivity contribution in [3.63, 3.8) is 0 Å². The van der Waals surface area contributed by atoms with Gasteiger partial charge in [-0.25, -0.2) is 14.5 Å². The molecule has 0 fully saturated rings. The van der Waals surface area contributed by atoms with Crippen LogP contribution < -0.4 is 9.47 Å². The first-order valence-electron chi connectivity index (χ1n) is 6.37. The van der Waals surface area contributed by atoms with Crippen molar-refractivity contribution in [3.05, 3.63) is 22.3 Å². The number of aromatic nitrogens is 3. The summed E-state index contributed by atoms with van der Waals surface area (Å²) in [5.41, 5.74) is 0.402. The highest BCUT2D eigenvalue weighted by Crippen LogP contribution is 2.38. The number of halogens is 4. The Morgan fingerprint density at radius 3 is 2.67 bits per heavy atom. The van der Waals surface area contributed by atoms with E-state index in [1.165, 1.54) is 26.3 Å². The molecule has 0 spiro atoms. The Kier molecular flexibility index (Phi) is 5.79. The van der Waals surface area contributed by atoms with Crippen molar-refractivity contribution in [3.8, 4) is 23.0 Å². The van der Waals surface area contributed by atoms with Crippen molar-refractivity contribution in [2.24, 2.45) is 7.05 Å². The second-order valence-corrected chi connectivity index (χ2v) is 5.06. The molecule has 2 heterocycles. The zero-order valence-corrected chi connectivity index (χ0v) is 13.9. The Morgan fingerprint density at radius 1 is 1.38 bits per heavy atom. The lowest BCUT2D eigenvalue weighted by atomic mass is 10.2. The first-order valence-corrected chi connectivity index (χ1v) is 7.13. The van der Waals surface area contributed by atoms with Crippen LogP contribution in [-0.4, -0.2) is 41.1 Å². The maximum Gasteiger partial charge on any atom is 0.388 e. The highest BCUT2D eigenvalue weighted by atomic mass is 35.5. The Labute approximate surface area is 145 Å². The van der Waals surface area contributed by atoms with Gasteiger partial charge in [-0.15, -0.1) is 0 Å². The zero-order chi connectivity index (χ0) is 17.9. The fourth-order valence-electron chi connectivity index (χ4n) is 1.73. The number of pyridine rings is 1. The number of carbonyl (C=O) groups is 1. The van der Waals surface area contributed by atoms with Crippen LogP contribution in [0.2, 0.25) is 10.2 Å². The summed E-state index contributed by atoms with van der Waals surface area (Å²) in [6.45, 7) is -3.39. The first kappa shape index (κ1) is 18.2. The average molecular weight is 382 g/mol. The van der Waals surface area contributed by atoms with E-state index in [0.29, 0.717) is 0 Å². The van der Waals surface area contributed by atoms with Crippen molar-refractivity contribution in [1.82, 2.24) is 14.8 Å². The van der Waals surface area contributed by atoms with Gasteiger partial charge in [-0.2, -0.15) is 13.9 Å². The van der Waals surface area contributed by atoms with Crippen LogP contribution in [0.3, 0.4) is 0 Å². The van der Waals surface area contributed by atoms with E-state index < -0.39 is 12.6 Å². The molecule has 0 aliphatic carbocycles. The van der Waals surface area contributed by atoms with Gasteiger partial charge in [0.2, 0.25) is 11.8 Å². The van der Waals surface area contributed by atoms with E-state index in [9.17, 15) is 13.6 Å². The molecular weight excluding hydrogens is 371 g/mol. The predicted molar refractivity (Wildman–Crippen MR) is 80.6 cm³/mol. The van der Waals surface area contributed by atoms with Crippen molar-refractivity contribution in [1.29, 1.82) is 0 Å². The summed E-state index contributed by atoms with van der Waals surface area (Å²) < 4.78 is 39.7. The number of hydrogen-bond donors (Lipinski definition) is 0. The fourth-order valence-corrected chi connectivity index (χ4v) is 2.28. The molecule has 0 N–H and O–H groups in total. The van der Waals surface area contributed by atoms with Gasteiger partial charge >= 0.3 is 12.6 Å². The Bertz CT molecular complexity index is 755. The van der Waals surface area contributed by atoms with E-state index in [1.54, 1.807) is 0 Å². The van der Waals surface area contributed by atoms with Crippen molar-refractivity contribution in [2.45, 2.75) is 6.61 Å². The molecule has 7 nitrogen and oxygen atoms in total. The number of aryl methyl sites for hydroxylation is 1. The van der Waals surface area contributed by atoms with E-state index in [0.717, 1.165) is 4.68 Å². The standard InChI is InChI=1S/C13H11Cl2F2N3O4/c1-20-12(24-13(16)17)9(14)10(19-20)6-3-4-7(18-11(6)15)23-5-8(21)22-2/h3-4,13H,5H2,1-2H3. The van der Waals surface area contributed by atoms with Crippen LogP contribution in [0, 0.1) is 0 Å². The van der Waals surface area contributed by atoms with Crippen LogP contribution in [0.15, 0.2) is 12.1 Å². The van der Waals surface area contributed by atoms with Crippen LogP contribution in [-0.2, 0) is 16.6 Å². The Balaban J connectivity index is 2.28. The molecule has 2 rings (SSSR count). The van der Waals surface area contributed by atoms with Gasteiger partial charge in [0, 0.05) is 18.7 Å². The SMILES string of the molecule is COC(=O)COc1ccc(-c2nn(C)c(OC(F)F)c2Cl)c(Cl)n1. The lowest BCUT2D eigenvalue weighted by Gasteiger charge is -2.06. The summed E-state index contributed by atoms with van der Waals surface area (Å²) in [6.07, 6.45) is 0. The monoisotopic (exact) mass is 381 g/mol. The molecule has 0 saturated carbocycles. The van der Waals surface area contributed by atoms with E-state index in [2.05, 4.69) is 19.6 Å². The predicted octanol–water partition coefficient (Wildman–Crippen LogP) is 2.94. The Hall–Kier alpha value is -2.13. The highest BCUT2D eigenvalue weighted by molar-refractivity contribution is 6.36. The van der Waals surface area contributed by atoms with Gasteiger partial charge in [0.25, 0.3) is 0 Å². The molecule has 24 heavy (non-hydrogen) atoms. The largest absolute Gasteiger partial charge is 0.466 e.